The fourth-order valence-corrected chi connectivity index (χ4v) is 1.75. The molecule has 0 atom stereocenters. The number of hydrogen-bond acceptors (Lipinski definition) is 3. The molecule has 0 bridgehead atoms. The number of rotatable bonds is 1. The summed E-state index contributed by atoms with van der Waals surface area (Å²) in [5, 5.41) is 11.6. The minimum Gasteiger partial charge on any atom is -0.711 e. The van der Waals surface area contributed by atoms with Gasteiger partial charge in [-0.2, -0.15) is 0 Å². The normalized spacial score (nSPS) is 17.1. The first-order chi connectivity index (χ1) is 6.79. The van der Waals surface area contributed by atoms with E-state index in [4.69, 9.17) is 4.74 Å². The molecule has 76 valence electrons. The number of morpholine rings is 1. The number of aromatic nitrogens is 1. The van der Waals surface area contributed by atoms with E-state index in [1.54, 1.807) is 6.07 Å². The SMILES string of the molecule is Cc1ccc[n+]([O-])c1N1CCOCC1. The van der Waals surface area contributed by atoms with Crippen LogP contribution in [0.5, 0.6) is 0 Å². The van der Waals surface area contributed by atoms with Crippen LogP contribution in [0.3, 0.4) is 0 Å². The second-order valence-corrected chi connectivity index (χ2v) is 3.44. The number of pyridine rings is 1. The van der Waals surface area contributed by atoms with Crippen molar-refractivity contribution in [1.82, 2.24) is 0 Å². The standard InChI is InChI=1S/C10H14N2O2/c1-9-3-2-4-12(13)10(9)11-5-7-14-8-6-11/h2-4H,5-8H2,1H3. The van der Waals surface area contributed by atoms with Crippen molar-refractivity contribution in [3.8, 4) is 0 Å². The number of nitrogens with zero attached hydrogens (tertiary/aromatic N) is 2. The first kappa shape index (κ1) is 9.27. The van der Waals surface area contributed by atoms with E-state index in [-0.39, 0.29) is 0 Å². The zero-order chi connectivity index (χ0) is 9.97. The lowest BCUT2D eigenvalue weighted by Crippen LogP contribution is -2.44. The fraction of sp³-hybridized carbons (Fsp3) is 0.500. The predicted molar refractivity (Wildman–Crippen MR) is 53.2 cm³/mol. The van der Waals surface area contributed by atoms with E-state index in [9.17, 15) is 5.21 Å². The van der Waals surface area contributed by atoms with E-state index in [1.165, 1.54) is 6.20 Å². The third-order valence-corrected chi connectivity index (χ3v) is 2.44. The zero-order valence-corrected chi connectivity index (χ0v) is 8.27. The largest absolute Gasteiger partial charge is 0.711 e. The predicted octanol–water partition coefficient (Wildman–Crippen LogP) is 0.465. The third-order valence-electron chi connectivity index (χ3n) is 2.44. The molecular weight excluding hydrogens is 180 g/mol. The monoisotopic (exact) mass is 194 g/mol. The fourth-order valence-electron chi connectivity index (χ4n) is 1.75. The van der Waals surface area contributed by atoms with Crippen molar-refractivity contribution in [2.24, 2.45) is 0 Å². The second kappa shape index (κ2) is 3.84. The maximum atomic E-state index is 11.6. The number of ether oxygens (including phenoxy) is 1. The summed E-state index contributed by atoms with van der Waals surface area (Å²) in [6.07, 6.45) is 1.54. The molecule has 1 aliphatic rings. The highest BCUT2D eigenvalue weighted by atomic mass is 16.5. The third kappa shape index (κ3) is 1.65. The minimum absolute atomic E-state index is 0.703. The van der Waals surface area contributed by atoms with Crippen LogP contribution in [0.4, 0.5) is 5.82 Å². The molecule has 14 heavy (non-hydrogen) atoms. The average Bonchev–Trinajstić information content (AvgIpc) is 2.19. The van der Waals surface area contributed by atoms with Gasteiger partial charge in [0.25, 0.3) is 5.82 Å². The summed E-state index contributed by atoms with van der Waals surface area (Å²) in [6, 6.07) is 3.73. The minimum atomic E-state index is 0.703. The molecule has 0 radical (unpaired) electrons. The molecule has 0 amide bonds. The van der Waals surface area contributed by atoms with Crippen LogP contribution < -0.4 is 9.63 Å². The van der Waals surface area contributed by atoms with Crippen molar-refractivity contribution < 1.29 is 9.47 Å². The smallest absolute Gasteiger partial charge is 0.282 e. The molecule has 4 nitrogen and oxygen atoms in total. The van der Waals surface area contributed by atoms with Gasteiger partial charge in [0, 0.05) is 5.56 Å². The van der Waals surface area contributed by atoms with E-state index in [1.807, 2.05) is 13.0 Å². The van der Waals surface area contributed by atoms with Crippen molar-refractivity contribution >= 4 is 5.82 Å². The van der Waals surface area contributed by atoms with Crippen LogP contribution in [0.15, 0.2) is 18.3 Å². The maximum absolute atomic E-state index is 11.6. The van der Waals surface area contributed by atoms with Gasteiger partial charge in [0.1, 0.15) is 13.1 Å². The highest BCUT2D eigenvalue weighted by Crippen LogP contribution is 2.14. The van der Waals surface area contributed by atoms with Gasteiger partial charge >= 0.3 is 0 Å². The highest BCUT2D eigenvalue weighted by Gasteiger charge is 2.21. The lowest BCUT2D eigenvalue weighted by atomic mass is 10.2. The number of hydrogen-bond donors (Lipinski definition) is 0. The van der Waals surface area contributed by atoms with Crippen molar-refractivity contribution in [3.63, 3.8) is 0 Å². The summed E-state index contributed by atoms with van der Waals surface area (Å²) >= 11 is 0. The quantitative estimate of drug-likeness (QED) is 0.482. The van der Waals surface area contributed by atoms with E-state index in [2.05, 4.69) is 4.90 Å². The summed E-state index contributed by atoms with van der Waals surface area (Å²) in [6.45, 7) is 4.96. The molecule has 1 aromatic heterocycles. The van der Waals surface area contributed by atoms with Crippen LogP contribution in [0.2, 0.25) is 0 Å². The molecule has 4 heteroatoms. The number of aryl methyl sites for hydroxylation is 1. The Morgan fingerprint density at radius 2 is 2.14 bits per heavy atom. The Hall–Kier alpha value is -1.29. The molecule has 2 rings (SSSR count). The van der Waals surface area contributed by atoms with Crippen LogP contribution >= 0.6 is 0 Å². The van der Waals surface area contributed by atoms with Crippen LogP contribution in [-0.2, 0) is 4.74 Å². The summed E-state index contributed by atoms with van der Waals surface area (Å²) in [5.74, 6) is 0.760. The first-order valence-corrected chi connectivity index (χ1v) is 4.80. The Morgan fingerprint density at radius 3 is 2.79 bits per heavy atom. The molecule has 0 saturated carbocycles. The highest BCUT2D eigenvalue weighted by molar-refractivity contribution is 5.41. The Morgan fingerprint density at radius 1 is 1.43 bits per heavy atom. The van der Waals surface area contributed by atoms with E-state index in [0.717, 1.165) is 29.2 Å². The summed E-state index contributed by atoms with van der Waals surface area (Å²) in [4.78, 5) is 2.08. The van der Waals surface area contributed by atoms with Gasteiger partial charge in [-0.05, 0) is 19.1 Å². The molecule has 1 fully saturated rings. The molecule has 1 aromatic rings. The van der Waals surface area contributed by atoms with Crippen molar-refractivity contribution in [2.45, 2.75) is 6.92 Å². The Bertz CT molecular complexity index is 302. The van der Waals surface area contributed by atoms with E-state index >= 15 is 0 Å². The molecule has 1 saturated heterocycles. The van der Waals surface area contributed by atoms with Gasteiger partial charge in [-0.25, -0.2) is 4.73 Å². The number of anilines is 1. The summed E-state index contributed by atoms with van der Waals surface area (Å²) in [7, 11) is 0. The first-order valence-electron chi connectivity index (χ1n) is 4.80. The van der Waals surface area contributed by atoms with Gasteiger partial charge in [-0.15, -0.1) is 0 Å². The van der Waals surface area contributed by atoms with Crippen molar-refractivity contribution in [2.75, 3.05) is 31.2 Å². The van der Waals surface area contributed by atoms with Crippen molar-refractivity contribution in [3.05, 3.63) is 29.1 Å². The molecule has 0 N–H and O–H groups in total. The topological polar surface area (TPSA) is 39.4 Å². The van der Waals surface area contributed by atoms with Gasteiger partial charge in [-0.1, -0.05) is 0 Å². The van der Waals surface area contributed by atoms with Crippen molar-refractivity contribution in [1.29, 1.82) is 0 Å². The zero-order valence-electron chi connectivity index (χ0n) is 8.27. The van der Waals surface area contributed by atoms with Crippen LogP contribution in [0.1, 0.15) is 5.56 Å². The van der Waals surface area contributed by atoms with Crippen LogP contribution in [-0.4, -0.2) is 26.3 Å². The van der Waals surface area contributed by atoms with Gasteiger partial charge < -0.3 is 9.94 Å². The molecule has 0 spiro atoms. The van der Waals surface area contributed by atoms with Crippen LogP contribution in [0.25, 0.3) is 0 Å². The van der Waals surface area contributed by atoms with Gasteiger partial charge in [0.05, 0.1) is 19.4 Å². The maximum Gasteiger partial charge on any atom is 0.282 e. The lowest BCUT2D eigenvalue weighted by Gasteiger charge is -2.25. The van der Waals surface area contributed by atoms with Crippen LogP contribution in [0, 0.1) is 12.1 Å². The van der Waals surface area contributed by atoms with Gasteiger partial charge in [-0.3, -0.25) is 4.90 Å². The lowest BCUT2D eigenvalue weighted by molar-refractivity contribution is -0.592. The molecular formula is C10H14N2O2. The average molecular weight is 194 g/mol. The second-order valence-electron chi connectivity index (χ2n) is 3.44. The molecule has 0 aromatic carbocycles. The van der Waals surface area contributed by atoms with E-state index < -0.39 is 0 Å². The summed E-state index contributed by atoms with van der Waals surface area (Å²) in [5.41, 5.74) is 1.02. The van der Waals surface area contributed by atoms with E-state index in [0.29, 0.717) is 13.2 Å². The van der Waals surface area contributed by atoms with Gasteiger partial charge in [0.15, 0.2) is 0 Å². The molecule has 2 heterocycles. The Balaban J connectivity index is 2.29. The Labute approximate surface area is 83.3 Å². The van der Waals surface area contributed by atoms with Gasteiger partial charge in [0.2, 0.25) is 0 Å². The molecule has 1 aliphatic heterocycles. The Kier molecular flexibility index (Phi) is 2.54. The molecule has 0 aliphatic carbocycles. The summed E-state index contributed by atoms with van der Waals surface area (Å²) < 4.78 is 6.18. The molecule has 0 unspecified atom stereocenters.